The number of hydrogen-bond donors (Lipinski definition) is 0. The molecule has 0 aliphatic heterocycles. The van der Waals surface area contributed by atoms with E-state index < -0.39 is 88.6 Å². The first-order chi connectivity index (χ1) is 19.2. The predicted molar refractivity (Wildman–Crippen MR) is 74.4 cm³/mol. The standard InChI is InChI=1S/C14F31N/c15-1(16,3(19,20)5(23,24)7(27,28)9(31,32)11(35,36)13(39,40)41)2(17,18)4(21,22)6(25,26)8(29,30)10(33,34)12(37,38)14(42,43)46(44)45. The van der Waals surface area contributed by atoms with Crippen molar-refractivity contribution in [1.82, 2.24) is 5.34 Å². The van der Waals surface area contributed by atoms with Gasteiger partial charge in [-0.15, -0.1) is 0 Å². The molecule has 0 amide bonds. The first kappa shape index (κ1) is 43.8. The number of halogens is 31. The molecule has 0 aliphatic rings. The largest absolute Gasteiger partial charge is 0.460 e. The zero-order valence-electron chi connectivity index (χ0n) is 19.2. The van der Waals surface area contributed by atoms with E-state index in [0.717, 1.165) is 0 Å². The molecule has 0 spiro atoms. The highest BCUT2D eigenvalue weighted by atomic mass is 19.4. The van der Waals surface area contributed by atoms with Gasteiger partial charge >= 0.3 is 83.3 Å². The van der Waals surface area contributed by atoms with Gasteiger partial charge < -0.3 is 0 Å². The van der Waals surface area contributed by atoms with Crippen LogP contribution in [0.4, 0.5) is 136 Å². The Morgan fingerprint density at radius 1 is 0.196 bits per heavy atom. The lowest BCUT2D eigenvalue weighted by molar-refractivity contribution is -0.496. The predicted octanol–water partition coefficient (Wildman–Crippen LogP) is 9.84. The van der Waals surface area contributed by atoms with Crippen LogP contribution in [0.2, 0.25) is 0 Å². The van der Waals surface area contributed by atoms with E-state index in [1.54, 1.807) is 0 Å². The second kappa shape index (κ2) is 10.4. The van der Waals surface area contributed by atoms with Gasteiger partial charge in [-0.05, 0) is 0 Å². The van der Waals surface area contributed by atoms with Gasteiger partial charge in [0.1, 0.15) is 0 Å². The van der Waals surface area contributed by atoms with Crippen molar-refractivity contribution in [3.05, 3.63) is 0 Å². The fraction of sp³-hybridized carbons (Fsp3) is 1.00. The van der Waals surface area contributed by atoms with Gasteiger partial charge in [0.2, 0.25) is 0 Å². The highest BCUT2D eigenvalue weighted by Crippen LogP contribution is 2.69. The number of nitrogens with zero attached hydrogens (tertiary/aromatic N) is 1. The van der Waals surface area contributed by atoms with E-state index in [1.165, 1.54) is 0 Å². The zero-order valence-corrected chi connectivity index (χ0v) is 19.2. The Hall–Kier alpha value is -2.21. The maximum atomic E-state index is 13.6. The second-order valence-electron chi connectivity index (χ2n) is 8.16. The molecule has 0 N–H and O–H groups in total. The molecule has 0 aromatic rings. The molecule has 0 rings (SSSR count). The Morgan fingerprint density at radius 3 is 0.457 bits per heavy atom. The summed E-state index contributed by atoms with van der Waals surface area (Å²) in [4.78, 5) is 0. The summed E-state index contributed by atoms with van der Waals surface area (Å²) in [5.74, 6) is -116. The summed E-state index contributed by atoms with van der Waals surface area (Å²) in [5.41, 5.74) is 0. The molecule has 0 radical (unpaired) electrons. The average Bonchev–Trinajstić information content (AvgIpc) is 2.81. The summed E-state index contributed by atoms with van der Waals surface area (Å²) in [6.45, 7) is 0. The Morgan fingerprint density at radius 2 is 0.326 bits per heavy atom. The first-order valence-corrected chi connectivity index (χ1v) is 9.29. The van der Waals surface area contributed by atoms with Crippen LogP contribution in [0.5, 0.6) is 0 Å². The monoisotopic (exact) mass is 771 g/mol. The van der Waals surface area contributed by atoms with Gasteiger partial charge in [0, 0.05) is 0 Å². The number of hydrogen-bond acceptors (Lipinski definition) is 1. The molecule has 32 heteroatoms. The van der Waals surface area contributed by atoms with Gasteiger partial charge in [-0.2, -0.15) is 127 Å². The smallest absolute Gasteiger partial charge is 0.192 e. The third-order valence-corrected chi connectivity index (χ3v) is 5.28. The van der Waals surface area contributed by atoms with Crippen molar-refractivity contribution in [3.8, 4) is 0 Å². The van der Waals surface area contributed by atoms with Gasteiger partial charge in [-0.3, -0.25) is 0 Å². The van der Waals surface area contributed by atoms with Crippen LogP contribution in [-0.2, 0) is 0 Å². The van der Waals surface area contributed by atoms with E-state index in [2.05, 4.69) is 0 Å². The minimum Gasteiger partial charge on any atom is -0.192 e. The van der Waals surface area contributed by atoms with E-state index in [9.17, 15) is 136 Å². The Bertz CT molecular complexity index is 1100. The van der Waals surface area contributed by atoms with Crippen LogP contribution < -0.4 is 0 Å². The summed E-state index contributed by atoms with van der Waals surface area (Å²) in [7, 11) is 0. The summed E-state index contributed by atoms with van der Waals surface area (Å²) in [6.07, 6.45) is -8.33. The van der Waals surface area contributed by atoms with Crippen molar-refractivity contribution in [2.45, 2.75) is 83.3 Å². The minimum atomic E-state index is -10.0. The Kier molecular flexibility index (Phi) is 9.89. The molecule has 0 bridgehead atoms. The van der Waals surface area contributed by atoms with Crippen LogP contribution in [0.25, 0.3) is 0 Å². The molecular formula is C14F31N. The molecule has 0 saturated carbocycles. The normalized spacial score (nSPS) is 17.2. The molecule has 46 heavy (non-hydrogen) atoms. The Balaban J connectivity index is 7.57. The van der Waals surface area contributed by atoms with Crippen LogP contribution in [0.1, 0.15) is 0 Å². The molecule has 0 aliphatic carbocycles. The lowest BCUT2D eigenvalue weighted by Crippen LogP contribution is -2.79. The molecule has 0 aromatic carbocycles. The molecule has 0 aromatic heterocycles. The molecular weight excluding hydrogens is 771 g/mol. The fourth-order valence-electron chi connectivity index (χ4n) is 2.44. The zero-order chi connectivity index (χ0) is 38.6. The molecule has 0 atom stereocenters. The van der Waals surface area contributed by atoms with Crippen LogP contribution in [0, 0.1) is 0 Å². The van der Waals surface area contributed by atoms with Crippen LogP contribution >= 0.6 is 0 Å². The van der Waals surface area contributed by atoms with Crippen LogP contribution in [0.15, 0.2) is 0 Å². The SMILES string of the molecule is FN(F)C(F)(F)C(F)(F)C(F)(F)C(F)(F)C(F)(F)C(F)(F)C(F)(F)C(F)(F)C(F)(F)C(F)(F)C(F)(F)C(F)(F)C(F)(F)C(F)(F)F. The quantitative estimate of drug-likeness (QED) is 0.103. The van der Waals surface area contributed by atoms with Crippen molar-refractivity contribution in [1.29, 1.82) is 0 Å². The highest BCUT2D eigenvalue weighted by Gasteiger charge is 3.01. The summed E-state index contributed by atoms with van der Waals surface area (Å²) in [5, 5.41) is -4.60. The minimum absolute atomic E-state index is 4.60. The van der Waals surface area contributed by atoms with Gasteiger partial charge in [0.15, 0.2) is 0 Å². The van der Waals surface area contributed by atoms with Gasteiger partial charge in [0.25, 0.3) is 0 Å². The number of rotatable bonds is 13. The maximum Gasteiger partial charge on any atom is 0.460 e. The van der Waals surface area contributed by atoms with Gasteiger partial charge in [-0.1, -0.05) is 8.96 Å². The Labute approximate surface area is 226 Å². The lowest BCUT2D eigenvalue weighted by atomic mass is 9.84. The van der Waals surface area contributed by atoms with Crippen molar-refractivity contribution >= 4 is 0 Å². The molecule has 1 nitrogen and oxygen atoms in total. The maximum absolute atomic E-state index is 13.6. The molecule has 0 saturated heterocycles. The van der Waals surface area contributed by atoms with Crippen molar-refractivity contribution in [3.63, 3.8) is 0 Å². The highest BCUT2D eigenvalue weighted by molar-refractivity contribution is 5.20. The summed E-state index contributed by atoms with van der Waals surface area (Å²) in [6, 6.07) is -8.30. The van der Waals surface area contributed by atoms with Crippen molar-refractivity contribution < 1.29 is 136 Å². The fourth-order valence-corrected chi connectivity index (χ4v) is 2.44. The van der Waals surface area contributed by atoms with E-state index in [0.29, 0.717) is 0 Å². The van der Waals surface area contributed by atoms with Crippen LogP contribution in [0.3, 0.4) is 0 Å². The molecule has 0 heterocycles. The van der Waals surface area contributed by atoms with Crippen molar-refractivity contribution in [2.24, 2.45) is 0 Å². The van der Waals surface area contributed by atoms with Gasteiger partial charge in [-0.25, -0.2) is 0 Å². The molecule has 0 unspecified atom stereocenters. The number of alkyl halides is 29. The first-order valence-electron chi connectivity index (χ1n) is 9.29. The molecule has 0 fully saturated rings. The van der Waals surface area contributed by atoms with E-state index in [1.807, 2.05) is 0 Å². The summed E-state index contributed by atoms with van der Waals surface area (Å²) >= 11 is 0. The lowest BCUT2D eigenvalue weighted by Gasteiger charge is -2.46. The molecule has 278 valence electrons. The average molecular weight is 771 g/mol. The van der Waals surface area contributed by atoms with E-state index in [4.69, 9.17) is 0 Å². The third kappa shape index (κ3) is 4.77. The third-order valence-electron chi connectivity index (χ3n) is 5.28. The van der Waals surface area contributed by atoms with Crippen molar-refractivity contribution in [2.75, 3.05) is 0 Å². The van der Waals surface area contributed by atoms with E-state index >= 15 is 0 Å². The summed E-state index contributed by atoms with van der Waals surface area (Å²) < 4.78 is 404. The van der Waals surface area contributed by atoms with E-state index in [-0.39, 0.29) is 0 Å². The van der Waals surface area contributed by atoms with Crippen LogP contribution in [-0.4, -0.2) is 88.6 Å². The topological polar surface area (TPSA) is 3.24 Å². The van der Waals surface area contributed by atoms with Gasteiger partial charge in [0.05, 0.1) is 5.34 Å². The second-order valence-corrected chi connectivity index (χ2v) is 8.16.